The van der Waals surface area contributed by atoms with Crippen molar-refractivity contribution in [3.63, 3.8) is 0 Å². The van der Waals surface area contributed by atoms with E-state index in [4.69, 9.17) is 16.3 Å². The summed E-state index contributed by atoms with van der Waals surface area (Å²) in [5.41, 5.74) is 1.23. The number of benzene rings is 2. The van der Waals surface area contributed by atoms with Crippen LogP contribution in [-0.4, -0.2) is 17.7 Å². The van der Waals surface area contributed by atoms with Crippen LogP contribution in [0.5, 0.6) is 5.75 Å². The largest absolute Gasteiger partial charge is 0.508 e. The van der Waals surface area contributed by atoms with E-state index in [9.17, 15) is 9.90 Å². The van der Waals surface area contributed by atoms with E-state index in [2.05, 4.69) is 5.32 Å². The van der Waals surface area contributed by atoms with Gasteiger partial charge in [-0.15, -0.1) is 0 Å². The van der Waals surface area contributed by atoms with Gasteiger partial charge in [0.05, 0.1) is 17.3 Å². The standard InChI is InChI=1S/C16H16ClNO3/c1-2-21-16(20)15(11-6-5-7-12(19)10-11)18-14-9-4-3-8-13(14)17/h3-10,15,18-19H,2H2,1H3. The molecule has 110 valence electrons. The maximum absolute atomic E-state index is 12.2. The minimum atomic E-state index is -0.739. The van der Waals surface area contributed by atoms with E-state index in [0.717, 1.165) is 0 Å². The number of para-hydroxylation sites is 1. The lowest BCUT2D eigenvalue weighted by Gasteiger charge is -2.19. The molecule has 1 atom stereocenters. The highest BCUT2D eigenvalue weighted by atomic mass is 35.5. The first kappa shape index (κ1) is 15.2. The predicted octanol–water partition coefficient (Wildman–Crippen LogP) is 3.76. The van der Waals surface area contributed by atoms with Crippen LogP contribution in [0.3, 0.4) is 0 Å². The average molecular weight is 306 g/mol. The molecule has 0 fully saturated rings. The molecule has 21 heavy (non-hydrogen) atoms. The van der Waals surface area contributed by atoms with Gasteiger partial charge in [0.15, 0.2) is 6.04 Å². The van der Waals surface area contributed by atoms with Crippen LogP contribution in [0.25, 0.3) is 0 Å². The van der Waals surface area contributed by atoms with Crippen LogP contribution in [-0.2, 0) is 9.53 Å². The minimum Gasteiger partial charge on any atom is -0.508 e. The van der Waals surface area contributed by atoms with Crippen molar-refractivity contribution in [2.75, 3.05) is 11.9 Å². The van der Waals surface area contributed by atoms with Crippen LogP contribution in [0.2, 0.25) is 5.02 Å². The van der Waals surface area contributed by atoms with Gasteiger partial charge in [0, 0.05) is 0 Å². The molecule has 1 unspecified atom stereocenters. The first-order valence-electron chi connectivity index (χ1n) is 6.58. The fourth-order valence-electron chi connectivity index (χ4n) is 1.94. The van der Waals surface area contributed by atoms with Gasteiger partial charge in [-0.1, -0.05) is 35.9 Å². The molecule has 0 bridgehead atoms. The van der Waals surface area contributed by atoms with Gasteiger partial charge >= 0.3 is 5.97 Å². The normalized spacial score (nSPS) is 11.7. The predicted molar refractivity (Wildman–Crippen MR) is 82.6 cm³/mol. The number of phenolic OH excluding ortho intramolecular Hbond substituents is 1. The summed E-state index contributed by atoms with van der Waals surface area (Å²) in [6, 6.07) is 12.9. The van der Waals surface area contributed by atoms with Crippen molar-refractivity contribution in [3.05, 3.63) is 59.1 Å². The third-order valence-corrected chi connectivity index (χ3v) is 3.23. The summed E-state index contributed by atoms with van der Waals surface area (Å²) < 4.78 is 5.08. The van der Waals surface area contributed by atoms with Crippen LogP contribution in [0.1, 0.15) is 18.5 Å². The van der Waals surface area contributed by atoms with Gasteiger partial charge in [-0.25, -0.2) is 4.79 Å². The van der Waals surface area contributed by atoms with Gasteiger partial charge in [0.1, 0.15) is 5.75 Å². The summed E-state index contributed by atoms with van der Waals surface area (Å²) in [5, 5.41) is 13.2. The Kier molecular flexibility index (Phi) is 5.06. The molecule has 0 saturated carbocycles. The summed E-state index contributed by atoms with van der Waals surface area (Å²) in [5.74, 6) is -0.342. The molecule has 0 amide bonds. The lowest BCUT2D eigenvalue weighted by Crippen LogP contribution is -2.23. The Labute approximate surface area is 128 Å². The molecule has 0 aromatic heterocycles. The Bertz CT molecular complexity index is 630. The summed E-state index contributed by atoms with van der Waals surface area (Å²) in [7, 11) is 0. The molecule has 0 saturated heterocycles. The van der Waals surface area contributed by atoms with Crippen molar-refractivity contribution in [2.24, 2.45) is 0 Å². The monoisotopic (exact) mass is 305 g/mol. The van der Waals surface area contributed by atoms with Gasteiger partial charge in [0.25, 0.3) is 0 Å². The molecule has 2 aromatic carbocycles. The SMILES string of the molecule is CCOC(=O)C(Nc1ccccc1Cl)c1cccc(O)c1. The Balaban J connectivity index is 2.33. The minimum absolute atomic E-state index is 0.0859. The van der Waals surface area contributed by atoms with Gasteiger partial charge < -0.3 is 15.2 Å². The third-order valence-electron chi connectivity index (χ3n) is 2.90. The smallest absolute Gasteiger partial charge is 0.333 e. The number of hydrogen-bond acceptors (Lipinski definition) is 4. The molecule has 0 heterocycles. The van der Waals surface area contributed by atoms with Crippen molar-refractivity contribution in [2.45, 2.75) is 13.0 Å². The number of ether oxygens (including phenoxy) is 1. The van der Waals surface area contributed by atoms with Crippen LogP contribution in [0, 0.1) is 0 Å². The first-order valence-corrected chi connectivity index (χ1v) is 6.96. The molecule has 4 nitrogen and oxygen atoms in total. The second-order valence-corrected chi connectivity index (χ2v) is 4.81. The topological polar surface area (TPSA) is 58.6 Å². The number of carbonyl (C=O) groups is 1. The third kappa shape index (κ3) is 3.89. The Morgan fingerprint density at radius 2 is 2.05 bits per heavy atom. The van der Waals surface area contributed by atoms with Crippen LogP contribution in [0.15, 0.2) is 48.5 Å². The molecule has 0 aliphatic rings. The highest BCUT2D eigenvalue weighted by Gasteiger charge is 2.23. The molecule has 0 spiro atoms. The zero-order chi connectivity index (χ0) is 15.2. The molecule has 2 aromatic rings. The van der Waals surface area contributed by atoms with Crippen molar-refractivity contribution >= 4 is 23.3 Å². The van der Waals surface area contributed by atoms with E-state index in [0.29, 0.717) is 16.3 Å². The quantitative estimate of drug-likeness (QED) is 0.826. The molecular formula is C16H16ClNO3. The summed E-state index contributed by atoms with van der Waals surface area (Å²) in [6.45, 7) is 2.02. The molecule has 0 aliphatic carbocycles. The van der Waals surface area contributed by atoms with Gasteiger partial charge in [-0.2, -0.15) is 0 Å². The van der Waals surface area contributed by atoms with Gasteiger partial charge in [-0.3, -0.25) is 0 Å². The molecule has 0 aliphatic heterocycles. The van der Waals surface area contributed by atoms with E-state index in [-0.39, 0.29) is 12.4 Å². The number of halogens is 1. The van der Waals surface area contributed by atoms with E-state index < -0.39 is 12.0 Å². The molecule has 2 rings (SSSR count). The summed E-state index contributed by atoms with van der Waals surface area (Å²) >= 11 is 6.10. The second-order valence-electron chi connectivity index (χ2n) is 4.40. The molecular weight excluding hydrogens is 290 g/mol. The van der Waals surface area contributed by atoms with E-state index in [1.807, 2.05) is 6.07 Å². The number of carbonyl (C=O) groups excluding carboxylic acids is 1. The first-order chi connectivity index (χ1) is 10.1. The van der Waals surface area contributed by atoms with Crippen LogP contribution >= 0.6 is 11.6 Å². The Morgan fingerprint density at radius 1 is 1.29 bits per heavy atom. The highest BCUT2D eigenvalue weighted by molar-refractivity contribution is 6.33. The average Bonchev–Trinajstić information content (AvgIpc) is 2.46. The van der Waals surface area contributed by atoms with E-state index in [1.165, 1.54) is 6.07 Å². The second kappa shape index (κ2) is 6.99. The number of anilines is 1. The fraction of sp³-hybridized carbons (Fsp3) is 0.188. The maximum atomic E-state index is 12.2. The molecule has 5 heteroatoms. The Hall–Kier alpha value is -2.20. The zero-order valence-electron chi connectivity index (χ0n) is 11.5. The van der Waals surface area contributed by atoms with E-state index >= 15 is 0 Å². The number of esters is 1. The fourth-order valence-corrected chi connectivity index (χ4v) is 2.13. The van der Waals surface area contributed by atoms with Crippen molar-refractivity contribution in [1.82, 2.24) is 0 Å². The number of phenols is 1. The number of rotatable bonds is 5. The van der Waals surface area contributed by atoms with Crippen molar-refractivity contribution in [1.29, 1.82) is 0 Å². The molecule has 0 radical (unpaired) electrons. The van der Waals surface area contributed by atoms with E-state index in [1.54, 1.807) is 43.3 Å². The van der Waals surface area contributed by atoms with Gasteiger partial charge in [0.2, 0.25) is 0 Å². The lowest BCUT2D eigenvalue weighted by atomic mass is 10.1. The summed E-state index contributed by atoms with van der Waals surface area (Å²) in [4.78, 5) is 12.2. The summed E-state index contributed by atoms with van der Waals surface area (Å²) in [6.07, 6.45) is 0. The van der Waals surface area contributed by atoms with Gasteiger partial charge in [-0.05, 0) is 36.8 Å². The lowest BCUT2D eigenvalue weighted by molar-refractivity contribution is -0.144. The Morgan fingerprint density at radius 3 is 2.71 bits per heavy atom. The van der Waals surface area contributed by atoms with Crippen molar-refractivity contribution in [3.8, 4) is 5.75 Å². The number of hydrogen-bond donors (Lipinski definition) is 2. The number of nitrogens with one attached hydrogen (secondary N) is 1. The highest BCUT2D eigenvalue weighted by Crippen LogP contribution is 2.28. The molecule has 2 N–H and O–H groups in total. The van der Waals surface area contributed by atoms with Crippen molar-refractivity contribution < 1.29 is 14.6 Å². The maximum Gasteiger partial charge on any atom is 0.333 e. The zero-order valence-corrected chi connectivity index (χ0v) is 12.3. The number of aromatic hydroxyl groups is 1. The van der Waals surface area contributed by atoms with Crippen LogP contribution in [0.4, 0.5) is 5.69 Å². The van der Waals surface area contributed by atoms with Crippen LogP contribution < -0.4 is 5.32 Å².